The molecule has 0 aromatic carbocycles. The fraction of sp³-hybridized carbons (Fsp3) is 0.667. The number of carbonyl (C=O) groups is 1. The highest BCUT2D eigenvalue weighted by molar-refractivity contribution is 8.01. The minimum absolute atomic E-state index is 0.273. The lowest BCUT2D eigenvalue weighted by molar-refractivity contribution is -0.119. The molecule has 1 unspecified atom stereocenters. The molecule has 1 heterocycles. The van der Waals surface area contributed by atoms with Gasteiger partial charge in [-0.2, -0.15) is 0 Å². The van der Waals surface area contributed by atoms with E-state index in [9.17, 15) is 9.70 Å². The Labute approximate surface area is 50.0 Å². The molecule has 1 amide bonds. The number of nitroso groups, excluding NO2 is 1. The summed E-state index contributed by atoms with van der Waals surface area (Å²) in [5.41, 5.74) is 0. The van der Waals surface area contributed by atoms with E-state index in [1.807, 2.05) is 0 Å². The summed E-state index contributed by atoms with van der Waals surface area (Å²) in [6.07, 6.45) is 0. The summed E-state index contributed by atoms with van der Waals surface area (Å²) < 4.78 is 0. The molecular formula is C3H4N2O2S. The Bertz CT molecular complexity index is 126. The summed E-state index contributed by atoms with van der Waals surface area (Å²) in [5.74, 6) is 0.236. The molecule has 0 radical (unpaired) electrons. The smallest absolute Gasteiger partial charge is 0.259 e. The zero-order chi connectivity index (χ0) is 5.98. The first-order chi connectivity index (χ1) is 3.84. The Hall–Kier alpha value is -0.580. The van der Waals surface area contributed by atoms with Crippen molar-refractivity contribution in [1.29, 1.82) is 0 Å². The van der Waals surface area contributed by atoms with E-state index in [-0.39, 0.29) is 5.91 Å². The van der Waals surface area contributed by atoms with E-state index in [4.69, 9.17) is 0 Å². The first-order valence-electron chi connectivity index (χ1n) is 2.06. The number of hydrogen-bond donors (Lipinski definition) is 1. The van der Waals surface area contributed by atoms with Crippen molar-refractivity contribution in [3.05, 3.63) is 4.91 Å². The van der Waals surface area contributed by atoms with Gasteiger partial charge in [0.25, 0.3) is 5.91 Å². The molecule has 1 saturated heterocycles. The maximum atomic E-state index is 10.4. The van der Waals surface area contributed by atoms with Crippen molar-refractivity contribution < 1.29 is 4.79 Å². The largest absolute Gasteiger partial charge is 0.344 e. The molecule has 1 aliphatic rings. The molecule has 1 N–H and O–H groups in total. The number of nitrogens with one attached hydrogen (secondary N) is 1. The lowest BCUT2D eigenvalue weighted by atomic mass is 10.6. The first-order valence-corrected chi connectivity index (χ1v) is 3.11. The Morgan fingerprint density at radius 2 is 2.62 bits per heavy atom. The highest BCUT2D eigenvalue weighted by Crippen LogP contribution is 2.15. The highest BCUT2D eigenvalue weighted by Gasteiger charge is 2.24. The van der Waals surface area contributed by atoms with Gasteiger partial charge in [0.2, 0.25) is 5.37 Å². The van der Waals surface area contributed by atoms with Gasteiger partial charge in [0.15, 0.2) is 0 Å². The van der Waals surface area contributed by atoms with Crippen LogP contribution in [-0.2, 0) is 4.79 Å². The first kappa shape index (κ1) is 5.55. The van der Waals surface area contributed by atoms with Crippen molar-refractivity contribution in [3.8, 4) is 0 Å². The van der Waals surface area contributed by atoms with Crippen LogP contribution < -0.4 is 5.32 Å². The third kappa shape index (κ3) is 0.812. The minimum atomic E-state index is -0.699. The fourth-order valence-corrected chi connectivity index (χ4v) is 1.11. The van der Waals surface area contributed by atoms with Gasteiger partial charge in [-0.15, -0.1) is 16.7 Å². The van der Waals surface area contributed by atoms with Crippen LogP contribution in [0.1, 0.15) is 0 Å². The molecule has 1 fully saturated rings. The maximum absolute atomic E-state index is 10.4. The number of amides is 1. The van der Waals surface area contributed by atoms with Gasteiger partial charge in [0, 0.05) is 0 Å². The van der Waals surface area contributed by atoms with Gasteiger partial charge in [-0.3, -0.25) is 4.79 Å². The zero-order valence-corrected chi connectivity index (χ0v) is 4.77. The van der Waals surface area contributed by atoms with Crippen LogP contribution in [0.5, 0.6) is 0 Å². The molecule has 1 aliphatic heterocycles. The lowest BCUT2D eigenvalue weighted by Gasteiger charge is -1.87. The van der Waals surface area contributed by atoms with E-state index in [1.54, 1.807) is 0 Å². The summed E-state index contributed by atoms with van der Waals surface area (Å²) in [4.78, 5) is 20.1. The van der Waals surface area contributed by atoms with E-state index in [1.165, 1.54) is 11.8 Å². The van der Waals surface area contributed by atoms with Gasteiger partial charge in [-0.1, -0.05) is 0 Å². The minimum Gasteiger partial charge on any atom is -0.344 e. The van der Waals surface area contributed by atoms with E-state index in [0.29, 0.717) is 5.88 Å². The van der Waals surface area contributed by atoms with Crippen LogP contribution in [0.15, 0.2) is 5.18 Å². The second-order valence-corrected chi connectivity index (χ2v) is 2.38. The molecule has 0 aromatic rings. The van der Waals surface area contributed by atoms with Crippen molar-refractivity contribution >= 4 is 17.7 Å². The fourth-order valence-electron chi connectivity index (χ4n) is 0.433. The summed E-state index contributed by atoms with van der Waals surface area (Å²) in [5, 5.41) is 4.32. The lowest BCUT2D eigenvalue weighted by Crippen LogP contribution is -2.20. The molecule has 4 nitrogen and oxygen atoms in total. The topological polar surface area (TPSA) is 58.5 Å². The van der Waals surface area contributed by atoms with Gasteiger partial charge in [-0.25, -0.2) is 0 Å². The molecular weight excluding hydrogens is 128 g/mol. The molecule has 0 saturated carbocycles. The molecule has 8 heavy (non-hydrogen) atoms. The van der Waals surface area contributed by atoms with E-state index >= 15 is 0 Å². The Morgan fingerprint density at radius 3 is 2.88 bits per heavy atom. The third-order valence-corrected chi connectivity index (χ3v) is 1.73. The Kier molecular flexibility index (Phi) is 1.48. The molecule has 1 rings (SSSR count). The quantitative estimate of drug-likeness (QED) is 0.507. The summed E-state index contributed by atoms with van der Waals surface area (Å²) in [6, 6.07) is 0. The summed E-state index contributed by atoms with van der Waals surface area (Å²) in [6.45, 7) is 0. The van der Waals surface area contributed by atoms with Crippen molar-refractivity contribution in [2.75, 3.05) is 5.88 Å². The third-order valence-electron chi connectivity index (χ3n) is 0.808. The van der Waals surface area contributed by atoms with Crippen LogP contribution in [0.4, 0.5) is 0 Å². The Morgan fingerprint density at radius 1 is 1.88 bits per heavy atom. The number of hydrogen-bond acceptors (Lipinski definition) is 4. The SMILES string of the molecule is O=NC1SCNC1=O. The van der Waals surface area contributed by atoms with Crippen LogP contribution in [0, 0.1) is 4.91 Å². The van der Waals surface area contributed by atoms with Gasteiger partial charge in [0.1, 0.15) is 0 Å². The van der Waals surface area contributed by atoms with Crippen molar-refractivity contribution in [2.45, 2.75) is 5.37 Å². The molecule has 44 valence electrons. The summed E-state index contributed by atoms with van der Waals surface area (Å²) in [7, 11) is 0. The molecule has 0 aliphatic carbocycles. The van der Waals surface area contributed by atoms with Gasteiger partial charge < -0.3 is 5.32 Å². The molecule has 5 heteroatoms. The van der Waals surface area contributed by atoms with Crippen molar-refractivity contribution in [2.24, 2.45) is 5.18 Å². The molecule has 0 spiro atoms. The van der Waals surface area contributed by atoms with E-state index in [0.717, 1.165) is 0 Å². The van der Waals surface area contributed by atoms with Gasteiger partial charge in [-0.05, 0) is 5.18 Å². The zero-order valence-electron chi connectivity index (χ0n) is 3.96. The number of nitrogens with zero attached hydrogens (tertiary/aromatic N) is 1. The van der Waals surface area contributed by atoms with E-state index < -0.39 is 5.37 Å². The molecule has 0 bridgehead atoms. The normalized spacial score (nSPS) is 27.5. The second kappa shape index (κ2) is 2.13. The van der Waals surface area contributed by atoms with Crippen molar-refractivity contribution in [1.82, 2.24) is 5.32 Å². The predicted molar refractivity (Wildman–Crippen MR) is 30.2 cm³/mol. The maximum Gasteiger partial charge on any atom is 0.259 e. The Balaban J connectivity index is 2.54. The average molecular weight is 132 g/mol. The van der Waals surface area contributed by atoms with Crippen molar-refractivity contribution in [3.63, 3.8) is 0 Å². The second-order valence-electron chi connectivity index (χ2n) is 1.31. The summed E-state index contributed by atoms with van der Waals surface area (Å²) >= 11 is 1.21. The average Bonchev–Trinajstić information content (AvgIpc) is 2.14. The van der Waals surface area contributed by atoms with Crippen LogP contribution in [0.2, 0.25) is 0 Å². The number of carbonyl (C=O) groups excluding carboxylic acids is 1. The standard InChI is InChI=1S/C3H4N2O2S/c6-2-3(5-7)8-1-4-2/h3H,1H2,(H,4,6). The molecule has 0 aromatic heterocycles. The number of rotatable bonds is 1. The van der Waals surface area contributed by atoms with Crippen LogP contribution in [-0.4, -0.2) is 17.2 Å². The predicted octanol–water partition coefficient (Wildman–Crippen LogP) is -0.101. The van der Waals surface area contributed by atoms with Crippen LogP contribution >= 0.6 is 11.8 Å². The monoisotopic (exact) mass is 132 g/mol. The van der Waals surface area contributed by atoms with Gasteiger partial charge in [0.05, 0.1) is 5.88 Å². The van der Waals surface area contributed by atoms with E-state index in [2.05, 4.69) is 10.5 Å². The number of thioether (sulfide) groups is 1. The van der Waals surface area contributed by atoms with Crippen LogP contribution in [0.3, 0.4) is 0 Å². The molecule has 1 atom stereocenters. The van der Waals surface area contributed by atoms with Crippen LogP contribution in [0.25, 0.3) is 0 Å². The van der Waals surface area contributed by atoms with Gasteiger partial charge >= 0.3 is 0 Å². The highest BCUT2D eigenvalue weighted by atomic mass is 32.2.